The third kappa shape index (κ3) is 2.42. The quantitative estimate of drug-likeness (QED) is 0.840. The number of rotatable bonds is 3. The Kier molecular flexibility index (Phi) is 3.59. The smallest absolute Gasteiger partial charge is 0.329 e. The maximum absolute atomic E-state index is 12.1. The van der Waals surface area contributed by atoms with Gasteiger partial charge < -0.3 is 14.6 Å². The highest BCUT2D eigenvalue weighted by Gasteiger charge is 2.35. The fourth-order valence-electron chi connectivity index (χ4n) is 1.31. The second-order valence-electron chi connectivity index (χ2n) is 4.60. The summed E-state index contributed by atoms with van der Waals surface area (Å²) >= 11 is 0. The van der Waals surface area contributed by atoms with Crippen molar-refractivity contribution >= 4 is 11.9 Å². The number of carbonyl (C=O) groups is 2. The number of hydrogen-bond donors (Lipinski definition) is 1. The molecule has 0 bridgehead atoms. The molecule has 0 fully saturated rings. The van der Waals surface area contributed by atoms with Gasteiger partial charge in [-0.25, -0.2) is 4.79 Å². The SMILES string of the molecule is CN(C(=O)c1ccc(=O)n(C)c1)C(C)(C)C(=O)O. The van der Waals surface area contributed by atoms with Gasteiger partial charge in [0.1, 0.15) is 5.54 Å². The van der Waals surface area contributed by atoms with Gasteiger partial charge in [0.15, 0.2) is 0 Å². The van der Waals surface area contributed by atoms with Crippen molar-refractivity contribution in [3.8, 4) is 0 Å². The first kappa shape index (κ1) is 14.0. The highest BCUT2D eigenvalue weighted by Crippen LogP contribution is 2.15. The van der Waals surface area contributed by atoms with E-state index in [0.29, 0.717) is 0 Å². The minimum Gasteiger partial charge on any atom is -0.480 e. The van der Waals surface area contributed by atoms with E-state index < -0.39 is 17.4 Å². The molecule has 1 heterocycles. The molecule has 0 atom stereocenters. The standard InChI is InChI=1S/C12H16N2O4/c1-12(2,11(17)18)14(4)10(16)8-5-6-9(15)13(3)7-8/h5-7H,1-4H3,(H,17,18). The van der Waals surface area contributed by atoms with Crippen molar-refractivity contribution in [3.63, 3.8) is 0 Å². The van der Waals surface area contributed by atoms with E-state index in [1.165, 1.54) is 50.8 Å². The van der Waals surface area contributed by atoms with Crippen LogP contribution >= 0.6 is 0 Å². The molecule has 0 unspecified atom stereocenters. The Hall–Kier alpha value is -2.11. The van der Waals surface area contributed by atoms with Crippen molar-refractivity contribution in [1.82, 2.24) is 9.47 Å². The average Bonchev–Trinajstić information content (AvgIpc) is 2.30. The minimum atomic E-state index is -1.31. The number of hydrogen-bond acceptors (Lipinski definition) is 3. The second kappa shape index (κ2) is 4.64. The lowest BCUT2D eigenvalue weighted by Crippen LogP contribution is -2.50. The molecule has 1 aromatic heterocycles. The van der Waals surface area contributed by atoms with Crippen LogP contribution < -0.4 is 5.56 Å². The number of nitrogens with zero attached hydrogens (tertiary/aromatic N) is 2. The van der Waals surface area contributed by atoms with Crippen LogP contribution in [0.25, 0.3) is 0 Å². The van der Waals surface area contributed by atoms with E-state index >= 15 is 0 Å². The normalized spacial score (nSPS) is 11.1. The summed E-state index contributed by atoms with van der Waals surface area (Å²) in [5, 5.41) is 9.06. The van der Waals surface area contributed by atoms with E-state index in [4.69, 9.17) is 5.11 Å². The number of aromatic nitrogens is 1. The summed E-state index contributed by atoms with van der Waals surface area (Å²) in [6, 6.07) is 2.66. The van der Waals surface area contributed by atoms with Crippen LogP contribution in [0.5, 0.6) is 0 Å². The summed E-state index contributed by atoms with van der Waals surface area (Å²) in [5.74, 6) is -1.54. The Balaban J connectivity index is 3.11. The van der Waals surface area contributed by atoms with Crippen LogP contribution in [-0.4, -0.2) is 39.0 Å². The molecule has 0 spiro atoms. The number of carbonyl (C=O) groups excluding carboxylic acids is 1. The Morgan fingerprint density at radius 3 is 2.33 bits per heavy atom. The van der Waals surface area contributed by atoms with E-state index in [0.717, 1.165) is 4.90 Å². The molecule has 0 radical (unpaired) electrons. The molecular weight excluding hydrogens is 236 g/mol. The van der Waals surface area contributed by atoms with Crippen molar-refractivity contribution in [1.29, 1.82) is 0 Å². The number of carboxylic acids is 1. The number of pyridine rings is 1. The van der Waals surface area contributed by atoms with E-state index in [1.807, 2.05) is 0 Å². The molecule has 18 heavy (non-hydrogen) atoms. The molecule has 98 valence electrons. The van der Waals surface area contributed by atoms with Crippen molar-refractivity contribution in [2.45, 2.75) is 19.4 Å². The van der Waals surface area contributed by atoms with Crippen molar-refractivity contribution < 1.29 is 14.7 Å². The first-order valence-corrected chi connectivity index (χ1v) is 5.36. The summed E-state index contributed by atoms with van der Waals surface area (Å²) in [6.07, 6.45) is 1.39. The lowest BCUT2D eigenvalue weighted by molar-refractivity contribution is -0.147. The third-order valence-corrected chi connectivity index (χ3v) is 3.00. The largest absolute Gasteiger partial charge is 0.480 e. The molecule has 1 aromatic rings. The van der Waals surface area contributed by atoms with Crippen LogP contribution in [0.4, 0.5) is 0 Å². The van der Waals surface area contributed by atoms with Gasteiger partial charge >= 0.3 is 5.97 Å². The van der Waals surface area contributed by atoms with Crippen LogP contribution in [0.1, 0.15) is 24.2 Å². The van der Waals surface area contributed by atoms with E-state index in [9.17, 15) is 14.4 Å². The lowest BCUT2D eigenvalue weighted by atomic mass is 10.0. The molecule has 0 aliphatic heterocycles. The van der Waals surface area contributed by atoms with Crippen LogP contribution in [0, 0.1) is 0 Å². The number of likely N-dealkylation sites (N-methyl/N-ethyl adjacent to an activating group) is 1. The van der Waals surface area contributed by atoms with Crippen LogP contribution in [0.3, 0.4) is 0 Å². The molecule has 0 aromatic carbocycles. The fourth-order valence-corrected chi connectivity index (χ4v) is 1.31. The summed E-state index contributed by atoms with van der Waals surface area (Å²) in [4.78, 5) is 35.5. The topological polar surface area (TPSA) is 79.6 Å². The first-order valence-electron chi connectivity index (χ1n) is 5.36. The molecule has 0 aliphatic carbocycles. The van der Waals surface area contributed by atoms with Crippen LogP contribution in [-0.2, 0) is 11.8 Å². The van der Waals surface area contributed by atoms with Gasteiger partial charge in [-0.1, -0.05) is 0 Å². The summed E-state index contributed by atoms with van der Waals surface area (Å²) in [5.41, 5.74) is -1.27. The molecule has 0 saturated heterocycles. The fraction of sp³-hybridized carbons (Fsp3) is 0.417. The maximum atomic E-state index is 12.1. The van der Waals surface area contributed by atoms with Gasteiger partial charge in [-0.05, 0) is 19.9 Å². The highest BCUT2D eigenvalue weighted by atomic mass is 16.4. The first-order chi connectivity index (χ1) is 8.17. The van der Waals surface area contributed by atoms with Gasteiger partial charge in [0.25, 0.3) is 5.91 Å². The van der Waals surface area contributed by atoms with Crippen molar-refractivity contribution in [2.75, 3.05) is 7.05 Å². The summed E-state index contributed by atoms with van der Waals surface area (Å²) in [6.45, 7) is 2.88. The number of carboxylic acid groups (broad SMARTS) is 1. The minimum absolute atomic E-state index is 0.230. The predicted octanol–water partition coefficient (Wildman–Crippen LogP) is 0.320. The highest BCUT2D eigenvalue weighted by molar-refractivity contribution is 5.97. The van der Waals surface area contributed by atoms with Gasteiger partial charge in [-0.15, -0.1) is 0 Å². The molecule has 1 N–H and O–H groups in total. The molecule has 6 heteroatoms. The Bertz CT molecular complexity index is 545. The molecule has 0 aliphatic rings. The van der Waals surface area contributed by atoms with Crippen LogP contribution in [0.15, 0.2) is 23.1 Å². The number of amides is 1. The predicted molar refractivity (Wildman–Crippen MR) is 65.5 cm³/mol. The number of aryl methyl sites for hydroxylation is 1. The Morgan fingerprint density at radius 2 is 1.89 bits per heavy atom. The van der Waals surface area contributed by atoms with E-state index in [2.05, 4.69) is 0 Å². The van der Waals surface area contributed by atoms with Crippen molar-refractivity contribution in [3.05, 3.63) is 34.2 Å². The lowest BCUT2D eigenvalue weighted by Gasteiger charge is -2.31. The average molecular weight is 252 g/mol. The van der Waals surface area contributed by atoms with Gasteiger partial charge in [0.2, 0.25) is 5.56 Å². The Morgan fingerprint density at radius 1 is 1.33 bits per heavy atom. The summed E-state index contributed by atoms with van der Waals surface area (Å²) < 4.78 is 1.27. The monoisotopic (exact) mass is 252 g/mol. The second-order valence-corrected chi connectivity index (χ2v) is 4.60. The van der Waals surface area contributed by atoms with E-state index in [-0.39, 0.29) is 11.1 Å². The van der Waals surface area contributed by atoms with Gasteiger partial charge in [-0.2, -0.15) is 0 Å². The van der Waals surface area contributed by atoms with Gasteiger partial charge in [0, 0.05) is 26.4 Å². The molecule has 0 saturated carbocycles. The molecule has 1 amide bonds. The van der Waals surface area contributed by atoms with Gasteiger partial charge in [0.05, 0.1) is 5.56 Å². The third-order valence-electron chi connectivity index (χ3n) is 3.00. The maximum Gasteiger partial charge on any atom is 0.329 e. The van der Waals surface area contributed by atoms with E-state index in [1.54, 1.807) is 0 Å². The van der Waals surface area contributed by atoms with Crippen LogP contribution in [0.2, 0.25) is 0 Å². The zero-order valence-corrected chi connectivity index (χ0v) is 10.8. The number of aliphatic carboxylic acids is 1. The van der Waals surface area contributed by atoms with Crippen molar-refractivity contribution in [2.24, 2.45) is 7.05 Å². The van der Waals surface area contributed by atoms with Gasteiger partial charge in [-0.3, -0.25) is 9.59 Å². The zero-order chi connectivity index (χ0) is 14.1. The summed E-state index contributed by atoms with van der Waals surface area (Å²) in [7, 11) is 2.95. The Labute approximate surface area is 104 Å². The molecule has 6 nitrogen and oxygen atoms in total. The molecule has 1 rings (SSSR count). The zero-order valence-electron chi connectivity index (χ0n) is 10.8. The molecular formula is C12H16N2O4.